The van der Waals surface area contributed by atoms with Crippen molar-refractivity contribution < 1.29 is 23.8 Å². The fourth-order valence-electron chi connectivity index (χ4n) is 4.74. The van der Waals surface area contributed by atoms with Gasteiger partial charge in [-0.2, -0.15) is 0 Å². The monoisotopic (exact) mass is 593 g/mol. The quantitative estimate of drug-likeness (QED) is 0.285. The molecule has 3 aromatic rings. The second-order valence-electron chi connectivity index (χ2n) is 11.8. The molecule has 6 nitrogen and oxygen atoms in total. The smallest absolute Gasteiger partial charge is 0.411 e. The van der Waals surface area contributed by atoms with Gasteiger partial charge in [-0.05, 0) is 91.3 Å². The molecule has 206 valence electrons. The number of esters is 1. The van der Waals surface area contributed by atoms with Crippen LogP contribution in [-0.4, -0.2) is 29.7 Å². The zero-order chi connectivity index (χ0) is 28.5. The average molecular weight is 595 g/mol. The van der Waals surface area contributed by atoms with E-state index in [1.165, 1.54) is 17.6 Å². The van der Waals surface area contributed by atoms with Crippen LogP contribution in [0.15, 0.2) is 71.2 Å². The minimum atomic E-state index is -1.01. The molecule has 1 heterocycles. The van der Waals surface area contributed by atoms with Crippen LogP contribution in [0.2, 0.25) is 0 Å². The topological polar surface area (TPSA) is 65.1 Å². The molecule has 0 N–H and O–H groups in total. The van der Waals surface area contributed by atoms with Crippen molar-refractivity contribution in [1.29, 1.82) is 0 Å². The molecule has 0 fully saturated rings. The van der Waals surface area contributed by atoms with Crippen molar-refractivity contribution in [3.05, 3.63) is 93.5 Å². The number of benzene rings is 3. The van der Waals surface area contributed by atoms with E-state index in [4.69, 9.17) is 14.2 Å². The molecular formula is C32H36BrNO5. The number of rotatable bonds is 4. The Morgan fingerprint density at radius 2 is 1.49 bits per heavy atom. The van der Waals surface area contributed by atoms with Crippen molar-refractivity contribution in [1.82, 2.24) is 4.90 Å². The summed E-state index contributed by atoms with van der Waals surface area (Å²) < 4.78 is 18.1. The highest BCUT2D eigenvalue weighted by Gasteiger charge is 2.44. The number of fused-ring (bicyclic) bond motifs is 1. The normalized spacial score (nSPS) is 17.3. The molecule has 0 saturated heterocycles. The van der Waals surface area contributed by atoms with E-state index in [-0.39, 0.29) is 5.41 Å². The Hall–Kier alpha value is -3.32. The Morgan fingerprint density at radius 1 is 0.872 bits per heavy atom. The van der Waals surface area contributed by atoms with Crippen molar-refractivity contribution in [3.63, 3.8) is 0 Å². The lowest BCUT2D eigenvalue weighted by molar-refractivity contribution is -0.148. The number of carbonyl (C=O) groups excluding carboxylic acids is 2. The second-order valence-corrected chi connectivity index (χ2v) is 12.7. The van der Waals surface area contributed by atoms with E-state index in [9.17, 15) is 9.59 Å². The Morgan fingerprint density at radius 3 is 2.05 bits per heavy atom. The van der Waals surface area contributed by atoms with Gasteiger partial charge in [-0.15, -0.1) is 0 Å². The second kappa shape index (κ2) is 11.0. The van der Waals surface area contributed by atoms with Crippen LogP contribution in [0.1, 0.15) is 75.9 Å². The minimum Gasteiger partial charge on any atom is -0.467 e. The van der Waals surface area contributed by atoms with E-state index in [2.05, 4.69) is 48.8 Å². The number of hydrogen-bond donors (Lipinski definition) is 0. The maximum Gasteiger partial charge on any atom is 0.411 e. The van der Waals surface area contributed by atoms with Crippen LogP contribution in [0.25, 0.3) is 0 Å². The summed E-state index contributed by atoms with van der Waals surface area (Å²) in [4.78, 5) is 28.5. The Labute approximate surface area is 239 Å². The lowest BCUT2D eigenvalue weighted by Crippen LogP contribution is -2.47. The van der Waals surface area contributed by atoms with Crippen LogP contribution in [0.4, 0.5) is 4.79 Å². The van der Waals surface area contributed by atoms with E-state index < -0.39 is 29.7 Å². The highest BCUT2D eigenvalue weighted by molar-refractivity contribution is 9.10. The molecule has 2 atom stereocenters. The number of halogens is 1. The van der Waals surface area contributed by atoms with E-state index in [0.29, 0.717) is 23.5 Å². The van der Waals surface area contributed by atoms with Crippen LogP contribution < -0.4 is 4.74 Å². The lowest BCUT2D eigenvalue weighted by Gasteiger charge is -2.42. The third-order valence-corrected chi connectivity index (χ3v) is 7.21. The highest BCUT2D eigenvalue weighted by atomic mass is 79.9. The van der Waals surface area contributed by atoms with Crippen LogP contribution in [0.5, 0.6) is 11.5 Å². The van der Waals surface area contributed by atoms with E-state index >= 15 is 0 Å². The molecule has 0 bridgehead atoms. The highest BCUT2D eigenvalue weighted by Crippen LogP contribution is 2.43. The summed E-state index contributed by atoms with van der Waals surface area (Å²) in [5.74, 6) is 0.707. The first-order valence-corrected chi connectivity index (χ1v) is 13.8. The summed E-state index contributed by atoms with van der Waals surface area (Å²) in [6, 6.07) is 20.0. The van der Waals surface area contributed by atoms with Crippen molar-refractivity contribution in [2.45, 2.75) is 71.1 Å². The summed E-state index contributed by atoms with van der Waals surface area (Å²) in [5, 5.41) is 0. The SMILES string of the molecule is COC(=O)C1c2cc(Oc3ccc(C(C)(C)C)cc3)ccc2C[C@@H](c2ccc(Br)cc2)N1C(=O)OC(C)(C)C. The van der Waals surface area contributed by atoms with Gasteiger partial charge < -0.3 is 14.2 Å². The third-order valence-electron chi connectivity index (χ3n) is 6.68. The predicted molar refractivity (Wildman–Crippen MR) is 155 cm³/mol. The minimum absolute atomic E-state index is 0.0363. The zero-order valence-corrected chi connectivity index (χ0v) is 25.2. The fraction of sp³-hybridized carbons (Fsp3) is 0.375. The average Bonchev–Trinajstić information content (AvgIpc) is 2.86. The summed E-state index contributed by atoms with van der Waals surface area (Å²) in [7, 11) is 1.33. The molecule has 0 spiro atoms. The molecular weight excluding hydrogens is 558 g/mol. The largest absolute Gasteiger partial charge is 0.467 e. The van der Waals surface area contributed by atoms with E-state index in [1.54, 1.807) is 0 Å². The third kappa shape index (κ3) is 6.64. The number of nitrogens with zero attached hydrogens (tertiary/aromatic N) is 1. The molecule has 4 rings (SSSR count). The van der Waals surface area contributed by atoms with Gasteiger partial charge in [-0.3, -0.25) is 4.90 Å². The summed E-state index contributed by atoms with van der Waals surface area (Å²) in [6.45, 7) is 11.9. The fourth-order valence-corrected chi connectivity index (χ4v) is 5.00. The maximum atomic E-state index is 13.6. The van der Waals surface area contributed by atoms with Gasteiger partial charge in [0, 0.05) is 4.47 Å². The number of hydrogen-bond acceptors (Lipinski definition) is 5. The van der Waals surface area contributed by atoms with Crippen molar-refractivity contribution >= 4 is 28.0 Å². The summed E-state index contributed by atoms with van der Waals surface area (Å²) in [5.41, 5.74) is 2.99. The number of amides is 1. The molecule has 0 aliphatic carbocycles. The lowest BCUT2D eigenvalue weighted by atomic mass is 9.85. The summed E-state index contributed by atoms with van der Waals surface area (Å²) >= 11 is 3.48. The van der Waals surface area contributed by atoms with Gasteiger partial charge in [0.2, 0.25) is 0 Å². The van der Waals surface area contributed by atoms with Crippen LogP contribution in [-0.2, 0) is 26.1 Å². The first-order valence-electron chi connectivity index (χ1n) is 13.0. The van der Waals surface area contributed by atoms with Gasteiger partial charge >= 0.3 is 12.1 Å². The zero-order valence-electron chi connectivity index (χ0n) is 23.6. The number of carbonyl (C=O) groups is 2. The van der Waals surface area contributed by atoms with Crippen LogP contribution in [0.3, 0.4) is 0 Å². The van der Waals surface area contributed by atoms with E-state index in [1.807, 2.05) is 75.4 Å². The van der Waals surface area contributed by atoms with Gasteiger partial charge in [0.15, 0.2) is 6.04 Å². The molecule has 1 aliphatic rings. The van der Waals surface area contributed by atoms with Crippen LogP contribution >= 0.6 is 15.9 Å². The van der Waals surface area contributed by atoms with Gasteiger partial charge in [-0.1, -0.05) is 67.0 Å². The predicted octanol–water partition coefficient (Wildman–Crippen LogP) is 8.29. The van der Waals surface area contributed by atoms with Crippen molar-refractivity contribution in [3.8, 4) is 11.5 Å². The van der Waals surface area contributed by atoms with Crippen molar-refractivity contribution in [2.75, 3.05) is 7.11 Å². The van der Waals surface area contributed by atoms with Crippen molar-refractivity contribution in [2.24, 2.45) is 0 Å². The first kappa shape index (κ1) is 28.7. The Bertz CT molecular complexity index is 1340. The first-order chi connectivity index (χ1) is 18.3. The van der Waals surface area contributed by atoms with Gasteiger partial charge in [-0.25, -0.2) is 9.59 Å². The molecule has 0 aromatic heterocycles. The molecule has 1 amide bonds. The molecule has 1 unspecified atom stereocenters. The molecule has 1 aliphatic heterocycles. The molecule has 7 heteroatoms. The Kier molecular flexibility index (Phi) is 8.12. The maximum absolute atomic E-state index is 13.6. The molecule has 3 aromatic carbocycles. The summed E-state index contributed by atoms with van der Waals surface area (Å²) in [6.07, 6.45) is -0.0786. The number of methoxy groups -OCH3 is 1. The van der Waals surface area contributed by atoms with Gasteiger partial charge in [0.05, 0.1) is 13.2 Å². The molecule has 0 radical (unpaired) electrons. The van der Waals surface area contributed by atoms with Gasteiger partial charge in [0.1, 0.15) is 17.1 Å². The standard InChI is InChI=1S/C32H36BrNO5/c1-31(2,3)22-11-16-24(17-12-22)38-25-15-10-21-18-27(20-8-13-23(33)14-9-20)34(30(36)39-32(4,5)6)28(26(21)19-25)29(35)37-7/h8-17,19,27-28H,18H2,1-7H3/t27-,28?/m0/s1. The molecule has 0 saturated carbocycles. The van der Waals surface area contributed by atoms with Crippen LogP contribution in [0, 0.1) is 0 Å². The Balaban J connectivity index is 1.77. The molecule has 39 heavy (non-hydrogen) atoms. The van der Waals surface area contributed by atoms with E-state index in [0.717, 1.165) is 15.6 Å². The number of ether oxygens (including phenoxy) is 3. The van der Waals surface area contributed by atoms with Gasteiger partial charge in [0.25, 0.3) is 0 Å².